The Kier molecular flexibility index (Phi) is 2.39. The Morgan fingerprint density at radius 3 is 2.86 bits per heavy atom. The molecule has 0 unspecified atom stereocenters. The smallest absolute Gasteiger partial charge is 0.252 e. The minimum atomic E-state index is -0.109. The molecule has 2 aromatic rings. The van der Waals surface area contributed by atoms with Gasteiger partial charge >= 0.3 is 0 Å². The predicted molar refractivity (Wildman–Crippen MR) is 60.2 cm³/mol. The molecule has 3 N–H and O–H groups in total. The lowest BCUT2D eigenvalue weighted by atomic mass is 10.1. The van der Waals surface area contributed by atoms with Crippen molar-refractivity contribution in [3.8, 4) is 0 Å². The van der Waals surface area contributed by atoms with Crippen LogP contribution in [0.5, 0.6) is 0 Å². The van der Waals surface area contributed by atoms with Gasteiger partial charge in [-0.15, -0.1) is 0 Å². The van der Waals surface area contributed by atoms with Crippen LogP contribution in [0.15, 0.2) is 33.5 Å². The van der Waals surface area contributed by atoms with Crippen LogP contribution in [-0.4, -0.2) is 4.98 Å². The number of hydrogen-bond acceptors (Lipinski definition) is 2. The predicted octanol–water partition coefficient (Wildman–Crippen LogP) is 1.75. The minimum Gasteiger partial charge on any atom is -0.326 e. The van der Waals surface area contributed by atoms with Crippen molar-refractivity contribution in [2.45, 2.75) is 6.54 Å². The summed E-state index contributed by atoms with van der Waals surface area (Å²) in [4.78, 5) is 14.2. The first-order valence-electron chi connectivity index (χ1n) is 4.22. The zero-order chi connectivity index (χ0) is 10.1. The number of nitrogens with one attached hydrogen (secondary N) is 1. The molecule has 1 heterocycles. The summed E-state index contributed by atoms with van der Waals surface area (Å²) in [5.41, 5.74) is 6.78. The van der Waals surface area contributed by atoms with Gasteiger partial charge in [-0.05, 0) is 29.7 Å². The standard InChI is InChI=1S/C10H9BrN2O/c11-8-1-2-9-6(4-8)3-7(5-12)10(14)13-9/h1-4H,5,12H2,(H,13,14). The highest BCUT2D eigenvalue weighted by molar-refractivity contribution is 9.10. The van der Waals surface area contributed by atoms with E-state index in [1.165, 1.54) is 0 Å². The molecule has 0 amide bonds. The Labute approximate surface area is 89.1 Å². The molecule has 3 nitrogen and oxygen atoms in total. The zero-order valence-electron chi connectivity index (χ0n) is 7.38. The lowest BCUT2D eigenvalue weighted by molar-refractivity contribution is 1.03. The van der Waals surface area contributed by atoms with Gasteiger partial charge in [0.15, 0.2) is 0 Å². The van der Waals surface area contributed by atoms with E-state index in [9.17, 15) is 4.79 Å². The highest BCUT2D eigenvalue weighted by Crippen LogP contribution is 2.17. The van der Waals surface area contributed by atoms with Crippen LogP contribution in [0.2, 0.25) is 0 Å². The molecule has 0 spiro atoms. The maximum atomic E-state index is 11.4. The quantitative estimate of drug-likeness (QED) is 0.813. The normalized spacial score (nSPS) is 10.7. The summed E-state index contributed by atoms with van der Waals surface area (Å²) in [5.74, 6) is 0. The molecule has 4 heteroatoms. The Morgan fingerprint density at radius 1 is 1.36 bits per heavy atom. The fraction of sp³-hybridized carbons (Fsp3) is 0.100. The summed E-state index contributed by atoms with van der Waals surface area (Å²) in [6, 6.07) is 7.52. The van der Waals surface area contributed by atoms with Crippen LogP contribution in [0.3, 0.4) is 0 Å². The first-order chi connectivity index (χ1) is 6.70. The SMILES string of the molecule is NCc1cc2cc(Br)ccc2[nH]c1=O. The van der Waals surface area contributed by atoms with E-state index >= 15 is 0 Å². The summed E-state index contributed by atoms with van der Waals surface area (Å²) in [7, 11) is 0. The zero-order valence-corrected chi connectivity index (χ0v) is 8.97. The molecule has 0 bridgehead atoms. The van der Waals surface area contributed by atoms with Gasteiger partial charge in [0, 0.05) is 22.1 Å². The number of rotatable bonds is 1. The maximum Gasteiger partial charge on any atom is 0.252 e. The van der Waals surface area contributed by atoms with Crippen molar-refractivity contribution in [1.82, 2.24) is 4.98 Å². The van der Waals surface area contributed by atoms with Crippen LogP contribution < -0.4 is 11.3 Å². The van der Waals surface area contributed by atoms with E-state index in [2.05, 4.69) is 20.9 Å². The molecular formula is C10H9BrN2O. The highest BCUT2D eigenvalue weighted by atomic mass is 79.9. The van der Waals surface area contributed by atoms with Crippen molar-refractivity contribution in [2.24, 2.45) is 5.73 Å². The van der Waals surface area contributed by atoms with Crippen LogP contribution in [0.4, 0.5) is 0 Å². The average Bonchev–Trinajstić information content (AvgIpc) is 2.17. The molecule has 14 heavy (non-hydrogen) atoms. The molecule has 0 aliphatic carbocycles. The number of halogens is 1. The number of H-pyrrole nitrogens is 1. The van der Waals surface area contributed by atoms with Gasteiger partial charge in [-0.1, -0.05) is 15.9 Å². The molecule has 0 atom stereocenters. The first-order valence-corrected chi connectivity index (χ1v) is 5.01. The number of aromatic nitrogens is 1. The largest absolute Gasteiger partial charge is 0.326 e. The number of pyridine rings is 1. The lowest BCUT2D eigenvalue weighted by Gasteiger charge is -2.01. The number of aromatic amines is 1. The topological polar surface area (TPSA) is 58.9 Å². The minimum absolute atomic E-state index is 0.109. The van der Waals surface area contributed by atoms with Gasteiger partial charge in [-0.25, -0.2) is 0 Å². The average molecular weight is 253 g/mol. The van der Waals surface area contributed by atoms with E-state index in [0.717, 1.165) is 15.4 Å². The fourth-order valence-electron chi connectivity index (χ4n) is 1.37. The van der Waals surface area contributed by atoms with Crippen LogP contribution in [0.1, 0.15) is 5.56 Å². The molecule has 2 rings (SSSR count). The fourth-order valence-corrected chi connectivity index (χ4v) is 1.75. The van der Waals surface area contributed by atoms with E-state index < -0.39 is 0 Å². The highest BCUT2D eigenvalue weighted by Gasteiger charge is 2.00. The van der Waals surface area contributed by atoms with Gasteiger partial charge in [0.1, 0.15) is 0 Å². The Balaban J connectivity index is 2.80. The van der Waals surface area contributed by atoms with E-state index in [4.69, 9.17) is 5.73 Å². The number of benzene rings is 1. The van der Waals surface area contributed by atoms with Crippen molar-refractivity contribution >= 4 is 26.8 Å². The second kappa shape index (κ2) is 3.55. The molecule has 1 aromatic carbocycles. The van der Waals surface area contributed by atoms with E-state index in [1.54, 1.807) is 0 Å². The summed E-state index contributed by atoms with van der Waals surface area (Å²) >= 11 is 3.37. The van der Waals surface area contributed by atoms with E-state index in [-0.39, 0.29) is 12.1 Å². The summed E-state index contributed by atoms with van der Waals surface area (Å²) in [5, 5.41) is 0.986. The number of nitrogens with two attached hydrogens (primary N) is 1. The lowest BCUT2D eigenvalue weighted by Crippen LogP contribution is -2.15. The van der Waals surface area contributed by atoms with Crippen molar-refractivity contribution in [2.75, 3.05) is 0 Å². The molecule has 0 saturated carbocycles. The van der Waals surface area contributed by atoms with E-state index in [1.807, 2.05) is 24.3 Å². The molecule has 1 aromatic heterocycles. The number of hydrogen-bond donors (Lipinski definition) is 2. The third kappa shape index (κ3) is 1.58. The monoisotopic (exact) mass is 252 g/mol. The molecule has 0 aliphatic heterocycles. The van der Waals surface area contributed by atoms with Gasteiger partial charge < -0.3 is 10.7 Å². The van der Waals surface area contributed by atoms with Gasteiger partial charge in [-0.3, -0.25) is 4.79 Å². The van der Waals surface area contributed by atoms with Crippen LogP contribution in [-0.2, 0) is 6.54 Å². The van der Waals surface area contributed by atoms with Crippen LogP contribution in [0, 0.1) is 0 Å². The Hall–Kier alpha value is -1.13. The van der Waals surface area contributed by atoms with Crippen LogP contribution >= 0.6 is 15.9 Å². The van der Waals surface area contributed by atoms with Gasteiger partial charge in [0.05, 0.1) is 0 Å². The summed E-state index contributed by atoms with van der Waals surface area (Å²) < 4.78 is 0.986. The molecular weight excluding hydrogens is 244 g/mol. The van der Waals surface area contributed by atoms with Crippen molar-refractivity contribution in [1.29, 1.82) is 0 Å². The third-order valence-corrected chi connectivity index (χ3v) is 2.60. The second-order valence-corrected chi connectivity index (χ2v) is 3.98. The molecule has 0 saturated heterocycles. The van der Waals surface area contributed by atoms with Crippen molar-refractivity contribution in [3.63, 3.8) is 0 Å². The van der Waals surface area contributed by atoms with Crippen molar-refractivity contribution < 1.29 is 0 Å². The third-order valence-electron chi connectivity index (χ3n) is 2.10. The second-order valence-electron chi connectivity index (χ2n) is 3.06. The molecule has 0 aliphatic rings. The summed E-state index contributed by atoms with van der Waals surface area (Å²) in [6.45, 7) is 0.262. The maximum absolute atomic E-state index is 11.4. The molecule has 0 radical (unpaired) electrons. The van der Waals surface area contributed by atoms with Gasteiger partial charge in [0.2, 0.25) is 0 Å². The summed E-state index contributed by atoms with van der Waals surface area (Å²) in [6.07, 6.45) is 0. The molecule has 0 fully saturated rings. The number of fused-ring (bicyclic) bond motifs is 1. The molecule has 72 valence electrons. The Morgan fingerprint density at radius 2 is 2.14 bits per heavy atom. The van der Waals surface area contributed by atoms with Gasteiger partial charge in [0.25, 0.3) is 5.56 Å². The first kappa shape index (κ1) is 9.43. The van der Waals surface area contributed by atoms with Crippen molar-refractivity contribution in [3.05, 3.63) is 44.7 Å². The van der Waals surface area contributed by atoms with E-state index in [0.29, 0.717) is 5.56 Å². The van der Waals surface area contributed by atoms with Crippen LogP contribution in [0.25, 0.3) is 10.9 Å². The Bertz CT molecular complexity index is 533. The van der Waals surface area contributed by atoms with Gasteiger partial charge in [-0.2, -0.15) is 0 Å².